The fourth-order valence-electron chi connectivity index (χ4n) is 1.97. The molecule has 0 amide bonds. The third-order valence-electron chi connectivity index (χ3n) is 3.29. The molecule has 2 rings (SSSR count). The van der Waals surface area contributed by atoms with Gasteiger partial charge in [-0.05, 0) is 35.1 Å². The summed E-state index contributed by atoms with van der Waals surface area (Å²) in [5, 5.41) is 3.22. The molecule has 106 valence electrons. The van der Waals surface area contributed by atoms with Gasteiger partial charge in [-0.3, -0.25) is 0 Å². The molecule has 1 aromatic heterocycles. The number of anilines is 1. The van der Waals surface area contributed by atoms with E-state index in [1.165, 1.54) is 11.6 Å². The number of benzene rings is 1. The van der Waals surface area contributed by atoms with Crippen LogP contribution >= 0.6 is 0 Å². The molecule has 1 N–H and O–H groups in total. The molecule has 0 saturated heterocycles. The maximum Gasteiger partial charge on any atom is 0.126 e. The van der Waals surface area contributed by atoms with Gasteiger partial charge in [-0.25, -0.2) is 9.37 Å². The van der Waals surface area contributed by atoms with E-state index in [1.54, 1.807) is 6.07 Å². The molecule has 3 heteroatoms. The van der Waals surface area contributed by atoms with Crippen molar-refractivity contribution in [3.63, 3.8) is 0 Å². The second-order valence-corrected chi connectivity index (χ2v) is 5.95. The van der Waals surface area contributed by atoms with E-state index >= 15 is 0 Å². The zero-order valence-electron chi connectivity index (χ0n) is 12.3. The van der Waals surface area contributed by atoms with E-state index in [2.05, 4.69) is 37.1 Å². The van der Waals surface area contributed by atoms with Crippen LogP contribution in [0.5, 0.6) is 0 Å². The Hall–Kier alpha value is -1.90. The SMILES string of the molecule is CC(C)(C)c1ccc(NCCc2ccccc2F)nc1. The smallest absolute Gasteiger partial charge is 0.126 e. The van der Waals surface area contributed by atoms with Crippen LogP contribution in [-0.4, -0.2) is 11.5 Å². The van der Waals surface area contributed by atoms with E-state index in [-0.39, 0.29) is 11.2 Å². The molecule has 1 heterocycles. The van der Waals surface area contributed by atoms with Crippen molar-refractivity contribution in [2.75, 3.05) is 11.9 Å². The van der Waals surface area contributed by atoms with Crippen LogP contribution in [0.1, 0.15) is 31.9 Å². The standard InChI is InChI=1S/C17H21FN2/c1-17(2,3)14-8-9-16(20-12-14)19-11-10-13-6-4-5-7-15(13)18/h4-9,12H,10-11H2,1-3H3,(H,19,20). The lowest BCUT2D eigenvalue weighted by atomic mass is 9.88. The van der Waals surface area contributed by atoms with Gasteiger partial charge in [-0.2, -0.15) is 0 Å². The summed E-state index contributed by atoms with van der Waals surface area (Å²) in [6, 6.07) is 10.9. The summed E-state index contributed by atoms with van der Waals surface area (Å²) in [7, 11) is 0. The van der Waals surface area contributed by atoms with E-state index in [0.717, 1.165) is 11.4 Å². The molecule has 2 aromatic rings. The van der Waals surface area contributed by atoms with Gasteiger partial charge in [0.25, 0.3) is 0 Å². The molecule has 1 aromatic carbocycles. The van der Waals surface area contributed by atoms with E-state index in [0.29, 0.717) is 13.0 Å². The third kappa shape index (κ3) is 3.80. The van der Waals surface area contributed by atoms with Gasteiger partial charge in [0.1, 0.15) is 11.6 Å². The van der Waals surface area contributed by atoms with Gasteiger partial charge in [0.2, 0.25) is 0 Å². The highest BCUT2D eigenvalue weighted by atomic mass is 19.1. The quantitative estimate of drug-likeness (QED) is 0.903. The van der Waals surface area contributed by atoms with E-state index in [4.69, 9.17) is 0 Å². The Morgan fingerprint density at radius 1 is 1.10 bits per heavy atom. The summed E-state index contributed by atoms with van der Waals surface area (Å²) in [6.07, 6.45) is 2.54. The Morgan fingerprint density at radius 3 is 2.45 bits per heavy atom. The highest BCUT2D eigenvalue weighted by Crippen LogP contribution is 2.21. The zero-order valence-corrected chi connectivity index (χ0v) is 12.3. The molecular formula is C17H21FN2. The summed E-state index contributed by atoms with van der Waals surface area (Å²) < 4.78 is 13.5. The Morgan fingerprint density at radius 2 is 1.85 bits per heavy atom. The van der Waals surface area contributed by atoms with Gasteiger partial charge >= 0.3 is 0 Å². The maximum absolute atomic E-state index is 13.5. The lowest BCUT2D eigenvalue weighted by Gasteiger charge is -2.18. The van der Waals surface area contributed by atoms with Gasteiger partial charge in [-0.15, -0.1) is 0 Å². The number of hydrogen-bond acceptors (Lipinski definition) is 2. The third-order valence-corrected chi connectivity index (χ3v) is 3.29. The van der Waals surface area contributed by atoms with Crippen LogP contribution in [0.4, 0.5) is 10.2 Å². The zero-order chi connectivity index (χ0) is 14.6. The first-order chi connectivity index (χ1) is 9.47. The first-order valence-corrected chi connectivity index (χ1v) is 6.90. The molecule has 0 spiro atoms. The molecular weight excluding hydrogens is 251 g/mol. The largest absolute Gasteiger partial charge is 0.370 e. The molecule has 0 aliphatic rings. The number of aromatic nitrogens is 1. The molecule has 20 heavy (non-hydrogen) atoms. The average Bonchev–Trinajstić information content (AvgIpc) is 2.40. The van der Waals surface area contributed by atoms with E-state index in [1.807, 2.05) is 24.4 Å². The van der Waals surface area contributed by atoms with Crippen molar-refractivity contribution in [1.82, 2.24) is 4.98 Å². The molecule has 0 aliphatic carbocycles. The fourth-order valence-corrected chi connectivity index (χ4v) is 1.97. The monoisotopic (exact) mass is 272 g/mol. The predicted molar refractivity (Wildman–Crippen MR) is 81.5 cm³/mol. The van der Waals surface area contributed by atoms with Crippen LogP contribution in [0.3, 0.4) is 0 Å². The number of halogens is 1. The Bertz CT molecular complexity index is 556. The molecule has 0 atom stereocenters. The summed E-state index contributed by atoms with van der Waals surface area (Å²) in [6.45, 7) is 7.16. The first-order valence-electron chi connectivity index (χ1n) is 6.90. The Labute approximate surface area is 120 Å². The molecule has 2 nitrogen and oxygen atoms in total. The van der Waals surface area contributed by atoms with Crippen LogP contribution in [-0.2, 0) is 11.8 Å². The molecule has 0 bridgehead atoms. The van der Waals surface area contributed by atoms with Crippen molar-refractivity contribution < 1.29 is 4.39 Å². The van der Waals surface area contributed by atoms with Crippen molar-refractivity contribution in [2.45, 2.75) is 32.6 Å². The number of rotatable bonds is 4. The Kier molecular flexibility index (Phi) is 4.38. The minimum absolute atomic E-state index is 0.110. The van der Waals surface area contributed by atoms with Gasteiger partial charge in [0.15, 0.2) is 0 Å². The second kappa shape index (κ2) is 6.04. The summed E-state index contributed by atoms with van der Waals surface area (Å²) in [5.41, 5.74) is 2.04. The Balaban J connectivity index is 1.90. The van der Waals surface area contributed by atoms with Crippen molar-refractivity contribution in [3.8, 4) is 0 Å². The number of nitrogens with zero attached hydrogens (tertiary/aromatic N) is 1. The van der Waals surface area contributed by atoms with Crippen LogP contribution < -0.4 is 5.32 Å². The molecule has 0 fully saturated rings. The normalized spacial score (nSPS) is 11.4. The number of nitrogens with one attached hydrogen (secondary N) is 1. The number of hydrogen-bond donors (Lipinski definition) is 1. The predicted octanol–water partition coefficient (Wildman–Crippen LogP) is 4.17. The minimum Gasteiger partial charge on any atom is -0.370 e. The lowest BCUT2D eigenvalue weighted by Crippen LogP contribution is -2.12. The summed E-state index contributed by atoms with van der Waals surface area (Å²) in [5.74, 6) is 0.680. The molecule has 0 aliphatic heterocycles. The summed E-state index contributed by atoms with van der Waals surface area (Å²) in [4.78, 5) is 4.39. The maximum atomic E-state index is 13.5. The van der Waals surface area contributed by atoms with Crippen LogP contribution in [0.2, 0.25) is 0 Å². The van der Waals surface area contributed by atoms with E-state index < -0.39 is 0 Å². The van der Waals surface area contributed by atoms with Crippen LogP contribution in [0.15, 0.2) is 42.6 Å². The molecule has 0 saturated carbocycles. The summed E-state index contributed by atoms with van der Waals surface area (Å²) >= 11 is 0. The van der Waals surface area contributed by atoms with Crippen LogP contribution in [0.25, 0.3) is 0 Å². The van der Waals surface area contributed by atoms with Crippen molar-refractivity contribution in [2.24, 2.45) is 0 Å². The highest BCUT2D eigenvalue weighted by Gasteiger charge is 2.13. The fraction of sp³-hybridized carbons (Fsp3) is 0.353. The first kappa shape index (κ1) is 14.5. The molecule has 0 radical (unpaired) electrons. The van der Waals surface area contributed by atoms with Gasteiger partial charge in [0, 0.05) is 12.7 Å². The number of pyridine rings is 1. The van der Waals surface area contributed by atoms with E-state index in [9.17, 15) is 4.39 Å². The van der Waals surface area contributed by atoms with Crippen molar-refractivity contribution in [1.29, 1.82) is 0 Å². The molecule has 0 unspecified atom stereocenters. The topological polar surface area (TPSA) is 24.9 Å². The highest BCUT2D eigenvalue weighted by molar-refractivity contribution is 5.37. The lowest BCUT2D eigenvalue weighted by molar-refractivity contribution is 0.587. The van der Waals surface area contributed by atoms with Gasteiger partial charge in [-0.1, -0.05) is 45.0 Å². The minimum atomic E-state index is -0.148. The van der Waals surface area contributed by atoms with Crippen molar-refractivity contribution >= 4 is 5.82 Å². The van der Waals surface area contributed by atoms with Crippen LogP contribution in [0, 0.1) is 5.82 Å². The average molecular weight is 272 g/mol. The van der Waals surface area contributed by atoms with Crippen molar-refractivity contribution in [3.05, 3.63) is 59.5 Å². The van der Waals surface area contributed by atoms with Gasteiger partial charge < -0.3 is 5.32 Å². The second-order valence-electron chi connectivity index (χ2n) is 5.95. The van der Waals surface area contributed by atoms with Gasteiger partial charge in [0.05, 0.1) is 0 Å².